The van der Waals surface area contributed by atoms with E-state index in [0.717, 1.165) is 5.56 Å². The second-order valence-electron chi connectivity index (χ2n) is 4.62. The number of nitrogens with two attached hydrogens (primary N) is 1. The van der Waals surface area contributed by atoms with Gasteiger partial charge in [-0.15, -0.1) is 0 Å². The van der Waals surface area contributed by atoms with Crippen LogP contribution in [0, 0.1) is 5.82 Å². The van der Waals surface area contributed by atoms with Crippen molar-refractivity contribution in [2.45, 2.75) is 39.2 Å². The van der Waals surface area contributed by atoms with Crippen LogP contribution in [0.25, 0.3) is 0 Å². The number of hydrogen-bond acceptors (Lipinski definition) is 1. The van der Waals surface area contributed by atoms with Crippen LogP contribution >= 0.6 is 0 Å². The normalized spacial score (nSPS) is 12.2. The summed E-state index contributed by atoms with van der Waals surface area (Å²) in [5.74, 6) is 0.142. The smallest absolute Gasteiger partial charge is 0.128 e. The standard InChI is InChI=1S/C12H18FN/c1-8(2)9-5-6-10(11(13)7-9)12(3,4)14/h5-8H,14H2,1-4H3. The predicted octanol–water partition coefficient (Wildman–Crippen LogP) is 3.14. The van der Waals surface area contributed by atoms with Crippen LogP contribution in [0.3, 0.4) is 0 Å². The van der Waals surface area contributed by atoms with Crippen LogP contribution in [0.4, 0.5) is 4.39 Å². The van der Waals surface area contributed by atoms with Crippen molar-refractivity contribution in [2.75, 3.05) is 0 Å². The Morgan fingerprint density at radius 1 is 1.29 bits per heavy atom. The van der Waals surface area contributed by atoms with Gasteiger partial charge in [-0.2, -0.15) is 0 Å². The topological polar surface area (TPSA) is 26.0 Å². The fourth-order valence-electron chi connectivity index (χ4n) is 1.41. The van der Waals surface area contributed by atoms with Gasteiger partial charge in [-0.25, -0.2) is 4.39 Å². The molecule has 0 heterocycles. The van der Waals surface area contributed by atoms with E-state index in [1.54, 1.807) is 26.0 Å². The number of halogens is 1. The van der Waals surface area contributed by atoms with Crippen molar-refractivity contribution >= 4 is 0 Å². The van der Waals surface area contributed by atoms with Crippen molar-refractivity contribution in [3.8, 4) is 0 Å². The zero-order valence-electron chi connectivity index (χ0n) is 9.26. The van der Waals surface area contributed by atoms with Gasteiger partial charge in [-0.3, -0.25) is 0 Å². The van der Waals surface area contributed by atoms with Gasteiger partial charge >= 0.3 is 0 Å². The van der Waals surface area contributed by atoms with Crippen molar-refractivity contribution in [3.05, 3.63) is 35.1 Å². The molecule has 0 bridgehead atoms. The maximum atomic E-state index is 13.6. The largest absolute Gasteiger partial charge is 0.322 e. The first-order valence-electron chi connectivity index (χ1n) is 4.91. The summed E-state index contributed by atoms with van der Waals surface area (Å²) in [5.41, 5.74) is 6.81. The van der Waals surface area contributed by atoms with Gasteiger partial charge in [0.1, 0.15) is 5.82 Å². The predicted molar refractivity (Wildman–Crippen MR) is 57.7 cm³/mol. The Morgan fingerprint density at radius 3 is 2.21 bits per heavy atom. The molecule has 78 valence electrons. The molecule has 0 atom stereocenters. The Bertz CT molecular complexity index is 324. The maximum absolute atomic E-state index is 13.6. The van der Waals surface area contributed by atoms with Gasteiger partial charge in [0.15, 0.2) is 0 Å². The van der Waals surface area contributed by atoms with Gasteiger partial charge in [0, 0.05) is 11.1 Å². The second kappa shape index (κ2) is 3.70. The van der Waals surface area contributed by atoms with E-state index in [9.17, 15) is 4.39 Å². The fourth-order valence-corrected chi connectivity index (χ4v) is 1.41. The minimum Gasteiger partial charge on any atom is -0.322 e. The van der Waals surface area contributed by atoms with Crippen LogP contribution in [0.1, 0.15) is 44.7 Å². The van der Waals surface area contributed by atoms with Gasteiger partial charge in [0.2, 0.25) is 0 Å². The lowest BCUT2D eigenvalue weighted by atomic mass is 9.92. The Morgan fingerprint density at radius 2 is 1.86 bits per heavy atom. The monoisotopic (exact) mass is 195 g/mol. The molecule has 0 fully saturated rings. The SMILES string of the molecule is CC(C)c1ccc(C(C)(C)N)c(F)c1. The lowest BCUT2D eigenvalue weighted by molar-refractivity contribution is 0.500. The first kappa shape index (κ1) is 11.2. The Kier molecular flexibility index (Phi) is 2.95. The van der Waals surface area contributed by atoms with E-state index in [4.69, 9.17) is 5.73 Å². The molecule has 0 aromatic heterocycles. The summed E-state index contributed by atoms with van der Waals surface area (Å²) in [5, 5.41) is 0. The van der Waals surface area contributed by atoms with Crippen LogP contribution in [-0.4, -0.2) is 0 Å². The van der Waals surface area contributed by atoms with Crippen LogP contribution < -0.4 is 5.73 Å². The summed E-state index contributed by atoms with van der Waals surface area (Å²) in [6.45, 7) is 7.70. The molecule has 0 unspecified atom stereocenters. The second-order valence-corrected chi connectivity index (χ2v) is 4.62. The molecule has 2 N–H and O–H groups in total. The fraction of sp³-hybridized carbons (Fsp3) is 0.500. The van der Waals surface area contributed by atoms with Gasteiger partial charge in [-0.1, -0.05) is 26.0 Å². The van der Waals surface area contributed by atoms with Crippen LogP contribution in [0.15, 0.2) is 18.2 Å². The Labute approximate surface area is 85.1 Å². The molecule has 0 spiro atoms. The molecule has 0 saturated heterocycles. The van der Waals surface area contributed by atoms with Gasteiger partial charge in [0.05, 0.1) is 0 Å². The zero-order valence-corrected chi connectivity index (χ0v) is 9.26. The number of hydrogen-bond donors (Lipinski definition) is 1. The van der Waals surface area contributed by atoms with E-state index in [-0.39, 0.29) is 5.82 Å². The summed E-state index contributed by atoms with van der Waals surface area (Å²) < 4.78 is 13.6. The highest BCUT2D eigenvalue weighted by Gasteiger charge is 2.19. The molecule has 0 aliphatic heterocycles. The molecule has 1 rings (SSSR count). The van der Waals surface area contributed by atoms with E-state index in [0.29, 0.717) is 11.5 Å². The number of benzene rings is 1. The minimum atomic E-state index is -0.612. The van der Waals surface area contributed by atoms with Crippen molar-refractivity contribution in [2.24, 2.45) is 5.73 Å². The molecule has 14 heavy (non-hydrogen) atoms. The molecule has 0 aliphatic carbocycles. The lowest BCUT2D eigenvalue weighted by Gasteiger charge is -2.20. The van der Waals surface area contributed by atoms with Crippen LogP contribution in [0.2, 0.25) is 0 Å². The van der Waals surface area contributed by atoms with Crippen LogP contribution in [-0.2, 0) is 5.54 Å². The van der Waals surface area contributed by atoms with Crippen LogP contribution in [0.5, 0.6) is 0 Å². The average molecular weight is 195 g/mol. The Balaban J connectivity index is 3.15. The molecule has 0 saturated carbocycles. The highest BCUT2D eigenvalue weighted by molar-refractivity contribution is 5.30. The van der Waals surface area contributed by atoms with E-state index in [2.05, 4.69) is 0 Å². The van der Waals surface area contributed by atoms with E-state index < -0.39 is 5.54 Å². The van der Waals surface area contributed by atoms with Crippen molar-refractivity contribution in [1.82, 2.24) is 0 Å². The Hall–Kier alpha value is -0.890. The summed E-state index contributed by atoms with van der Waals surface area (Å²) in [6.07, 6.45) is 0. The minimum absolute atomic E-state index is 0.205. The first-order chi connectivity index (χ1) is 6.32. The van der Waals surface area contributed by atoms with Crippen molar-refractivity contribution in [1.29, 1.82) is 0 Å². The molecule has 1 aromatic carbocycles. The third kappa shape index (κ3) is 2.32. The van der Waals surface area contributed by atoms with E-state index in [1.165, 1.54) is 0 Å². The lowest BCUT2D eigenvalue weighted by Crippen LogP contribution is -2.29. The van der Waals surface area contributed by atoms with Crippen molar-refractivity contribution in [3.63, 3.8) is 0 Å². The highest BCUT2D eigenvalue weighted by Crippen LogP contribution is 2.24. The third-order valence-corrected chi connectivity index (χ3v) is 2.35. The van der Waals surface area contributed by atoms with Gasteiger partial charge in [0.25, 0.3) is 0 Å². The van der Waals surface area contributed by atoms with Gasteiger partial charge in [-0.05, 0) is 31.4 Å². The quantitative estimate of drug-likeness (QED) is 0.770. The molecular weight excluding hydrogens is 177 g/mol. The molecule has 2 heteroatoms. The molecule has 0 amide bonds. The van der Waals surface area contributed by atoms with E-state index >= 15 is 0 Å². The summed E-state index contributed by atoms with van der Waals surface area (Å²) in [4.78, 5) is 0. The zero-order chi connectivity index (χ0) is 10.9. The van der Waals surface area contributed by atoms with Crippen molar-refractivity contribution < 1.29 is 4.39 Å². The number of rotatable bonds is 2. The summed E-state index contributed by atoms with van der Waals surface area (Å²) in [6, 6.07) is 5.30. The molecule has 1 aromatic rings. The molecular formula is C12H18FN. The highest BCUT2D eigenvalue weighted by atomic mass is 19.1. The maximum Gasteiger partial charge on any atom is 0.128 e. The third-order valence-electron chi connectivity index (χ3n) is 2.35. The first-order valence-corrected chi connectivity index (χ1v) is 4.91. The average Bonchev–Trinajstić information content (AvgIpc) is 2.01. The van der Waals surface area contributed by atoms with Gasteiger partial charge < -0.3 is 5.73 Å². The molecule has 1 nitrogen and oxygen atoms in total. The summed E-state index contributed by atoms with van der Waals surface area (Å²) >= 11 is 0. The molecule has 0 radical (unpaired) electrons. The van der Waals surface area contributed by atoms with E-state index in [1.807, 2.05) is 19.9 Å². The molecule has 0 aliphatic rings. The summed E-state index contributed by atoms with van der Waals surface area (Å²) in [7, 11) is 0.